The summed E-state index contributed by atoms with van der Waals surface area (Å²) in [5.41, 5.74) is 15.2. The Hall–Kier alpha value is -7.48. The predicted octanol–water partition coefficient (Wildman–Crippen LogP) is 15.8. The van der Waals surface area contributed by atoms with Crippen LogP contribution in [0.5, 0.6) is 0 Å². The first-order valence-corrected chi connectivity index (χ1v) is 19.6. The molecule has 0 bridgehead atoms. The second-order valence-corrected chi connectivity index (χ2v) is 14.5. The van der Waals surface area contributed by atoms with Crippen LogP contribution in [0.15, 0.2) is 237 Å². The molecule has 0 aliphatic carbocycles. The van der Waals surface area contributed by atoms with Crippen LogP contribution in [0.3, 0.4) is 0 Å². The molecule has 0 aromatic heterocycles. The second-order valence-electron chi connectivity index (χ2n) is 14.5. The Balaban J connectivity index is 1.18. The molecule has 0 heterocycles. The van der Waals surface area contributed by atoms with Gasteiger partial charge in [0.25, 0.3) is 0 Å². The molecule has 1 nitrogen and oxygen atoms in total. The highest BCUT2D eigenvalue weighted by atomic mass is 15.1. The molecule has 0 aliphatic rings. The summed E-state index contributed by atoms with van der Waals surface area (Å²) in [5.74, 6) is 0. The van der Waals surface area contributed by atoms with Crippen LogP contribution in [0.2, 0.25) is 0 Å². The van der Waals surface area contributed by atoms with E-state index < -0.39 is 0 Å². The maximum absolute atomic E-state index is 2.44. The maximum atomic E-state index is 2.44. The topological polar surface area (TPSA) is 3.24 Å². The van der Waals surface area contributed by atoms with Gasteiger partial charge in [0.15, 0.2) is 0 Å². The van der Waals surface area contributed by atoms with Gasteiger partial charge in [0.1, 0.15) is 0 Å². The van der Waals surface area contributed by atoms with Gasteiger partial charge in [-0.15, -0.1) is 0 Å². The summed E-state index contributed by atoms with van der Waals surface area (Å²) in [5, 5.41) is 4.97. The van der Waals surface area contributed by atoms with Crippen molar-refractivity contribution in [1.82, 2.24) is 0 Å². The van der Waals surface area contributed by atoms with Crippen molar-refractivity contribution in [3.63, 3.8) is 0 Å². The first kappa shape index (κ1) is 34.0. The zero-order chi connectivity index (χ0) is 38.0. The normalized spacial score (nSPS) is 11.2. The van der Waals surface area contributed by atoms with Crippen molar-refractivity contribution in [1.29, 1.82) is 0 Å². The SMILES string of the molecule is c1ccc(-c2ccc(-c3ccc(N(c4ccc5c(ccc6ccccc65)c4)c4cccc(-c5ccccc5)c4-c4ccccc4-c4ccccc4)cc3)cc2)cc1. The van der Waals surface area contributed by atoms with Gasteiger partial charge in [0.05, 0.1) is 5.69 Å². The van der Waals surface area contributed by atoms with E-state index in [4.69, 9.17) is 0 Å². The van der Waals surface area contributed by atoms with E-state index in [1.807, 2.05) is 0 Å². The lowest BCUT2D eigenvalue weighted by Crippen LogP contribution is -2.12. The maximum Gasteiger partial charge on any atom is 0.0546 e. The fraction of sp³-hybridized carbons (Fsp3) is 0. The molecule has 0 amide bonds. The quantitative estimate of drug-likeness (QED) is 0.141. The largest absolute Gasteiger partial charge is 0.310 e. The van der Waals surface area contributed by atoms with Gasteiger partial charge in [-0.3, -0.25) is 0 Å². The molecule has 0 atom stereocenters. The molecule has 10 rings (SSSR count). The molecular formula is C56H39N. The summed E-state index contributed by atoms with van der Waals surface area (Å²) in [6, 6.07) is 85.7. The summed E-state index contributed by atoms with van der Waals surface area (Å²) in [6.07, 6.45) is 0. The van der Waals surface area contributed by atoms with Crippen LogP contribution in [0.25, 0.3) is 77.2 Å². The van der Waals surface area contributed by atoms with Crippen LogP contribution in [0, 0.1) is 0 Å². The van der Waals surface area contributed by atoms with E-state index in [-0.39, 0.29) is 0 Å². The lowest BCUT2D eigenvalue weighted by Gasteiger charge is -2.30. The highest BCUT2D eigenvalue weighted by Gasteiger charge is 2.23. The molecule has 10 aromatic carbocycles. The van der Waals surface area contributed by atoms with E-state index in [0.717, 1.165) is 17.1 Å². The molecule has 0 aliphatic heterocycles. The van der Waals surface area contributed by atoms with Crippen LogP contribution < -0.4 is 4.90 Å². The number of rotatable bonds is 8. The Morgan fingerprint density at radius 1 is 0.246 bits per heavy atom. The van der Waals surface area contributed by atoms with Crippen LogP contribution in [-0.2, 0) is 0 Å². The van der Waals surface area contributed by atoms with E-state index in [2.05, 4.69) is 241 Å². The molecule has 10 aromatic rings. The van der Waals surface area contributed by atoms with Crippen molar-refractivity contribution in [2.75, 3.05) is 4.90 Å². The number of fused-ring (bicyclic) bond motifs is 3. The minimum Gasteiger partial charge on any atom is -0.310 e. The molecule has 0 radical (unpaired) electrons. The van der Waals surface area contributed by atoms with Crippen molar-refractivity contribution < 1.29 is 0 Å². The van der Waals surface area contributed by atoms with Gasteiger partial charge in [0, 0.05) is 16.9 Å². The van der Waals surface area contributed by atoms with E-state index in [0.29, 0.717) is 0 Å². The van der Waals surface area contributed by atoms with Gasteiger partial charge in [-0.05, 0) is 102 Å². The number of anilines is 3. The van der Waals surface area contributed by atoms with Crippen LogP contribution in [-0.4, -0.2) is 0 Å². The Morgan fingerprint density at radius 2 is 0.702 bits per heavy atom. The number of hydrogen-bond donors (Lipinski definition) is 0. The van der Waals surface area contributed by atoms with Gasteiger partial charge in [0.2, 0.25) is 0 Å². The van der Waals surface area contributed by atoms with Gasteiger partial charge < -0.3 is 4.90 Å². The molecule has 0 saturated carbocycles. The molecule has 0 N–H and O–H groups in total. The van der Waals surface area contributed by atoms with Gasteiger partial charge in [-0.25, -0.2) is 0 Å². The summed E-state index contributed by atoms with van der Waals surface area (Å²) < 4.78 is 0. The van der Waals surface area contributed by atoms with Crippen LogP contribution in [0.4, 0.5) is 17.1 Å². The summed E-state index contributed by atoms with van der Waals surface area (Å²) in [6.45, 7) is 0. The molecule has 0 fully saturated rings. The van der Waals surface area contributed by atoms with Crippen molar-refractivity contribution in [2.24, 2.45) is 0 Å². The van der Waals surface area contributed by atoms with E-state index in [1.165, 1.54) is 77.2 Å². The zero-order valence-electron chi connectivity index (χ0n) is 31.5. The van der Waals surface area contributed by atoms with Gasteiger partial charge >= 0.3 is 0 Å². The molecular weight excluding hydrogens is 687 g/mol. The number of nitrogens with zero attached hydrogens (tertiary/aromatic N) is 1. The molecule has 1 heteroatoms. The Labute approximate surface area is 334 Å². The third-order valence-corrected chi connectivity index (χ3v) is 11.1. The smallest absolute Gasteiger partial charge is 0.0546 e. The Kier molecular flexibility index (Phi) is 8.95. The van der Waals surface area contributed by atoms with E-state index >= 15 is 0 Å². The molecule has 0 spiro atoms. The third kappa shape index (κ3) is 6.56. The summed E-state index contributed by atoms with van der Waals surface area (Å²) in [4.78, 5) is 2.44. The Morgan fingerprint density at radius 3 is 1.37 bits per heavy atom. The average molecular weight is 726 g/mol. The molecule has 0 unspecified atom stereocenters. The standard InChI is InChI=1S/C56H39N/c1-4-15-40(16-5-1)41-27-29-42(30-28-41)43-33-35-48(36-34-43)57(49-37-38-52-47(39-49)32-31-46-21-10-11-22-50(46)52)55-26-14-25-53(45-19-8-3-9-20-45)56(55)54-24-13-12-23-51(54)44-17-6-2-7-18-44/h1-39H. The first-order chi connectivity index (χ1) is 28.3. The minimum absolute atomic E-state index is 1.09. The average Bonchev–Trinajstić information content (AvgIpc) is 3.30. The van der Waals surface area contributed by atoms with Gasteiger partial charge in [-0.1, -0.05) is 206 Å². The summed E-state index contributed by atoms with van der Waals surface area (Å²) in [7, 11) is 0. The van der Waals surface area contributed by atoms with Crippen molar-refractivity contribution in [2.45, 2.75) is 0 Å². The fourth-order valence-corrected chi connectivity index (χ4v) is 8.29. The highest BCUT2D eigenvalue weighted by Crippen LogP contribution is 2.48. The number of benzene rings is 10. The van der Waals surface area contributed by atoms with Gasteiger partial charge in [-0.2, -0.15) is 0 Å². The van der Waals surface area contributed by atoms with Crippen molar-refractivity contribution in [3.8, 4) is 55.6 Å². The third-order valence-electron chi connectivity index (χ3n) is 11.1. The lowest BCUT2D eigenvalue weighted by molar-refractivity contribution is 1.29. The van der Waals surface area contributed by atoms with Crippen molar-refractivity contribution >= 4 is 38.6 Å². The van der Waals surface area contributed by atoms with Crippen LogP contribution in [0.1, 0.15) is 0 Å². The highest BCUT2D eigenvalue weighted by molar-refractivity contribution is 6.09. The minimum atomic E-state index is 1.09. The summed E-state index contributed by atoms with van der Waals surface area (Å²) >= 11 is 0. The van der Waals surface area contributed by atoms with E-state index in [1.54, 1.807) is 0 Å². The molecule has 57 heavy (non-hydrogen) atoms. The first-order valence-electron chi connectivity index (χ1n) is 19.6. The van der Waals surface area contributed by atoms with E-state index in [9.17, 15) is 0 Å². The second kappa shape index (κ2) is 15.0. The van der Waals surface area contributed by atoms with Crippen LogP contribution >= 0.6 is 0 Å². The molecule has 0 saturated heterocycles. The lowest BCUT2D eigenvalue weighted by atomic mass is 9.87. The fourth-order valence-electron chi connectivity index (χ4n) is 8.29. The Bertz CT molecular complexity index is 2970. The zero-order valence-corrected chi connectivity index (χ0v) is 31.5. The van der Waals surface area contributed by atoms with Crippen molar-refractivity contribution in [3.05, 3.63) is 237 Å². The monoisotopic (exact) mass is 725 g/mol. The molecule has 268 valence electrons. The number of hydrogen-bond acceptors (Lipinski definition) is 1. The predicted molar refractivity (Wildman–Crippen MR) is 243 cm³/mol.